The van der Waals surface area contributed by atoms with Crippen molar-refractivity contribution >= 4 is 15.8 Å². The standard InChI is InChI=1S/C16H18N6O2S/c1-12-8-9-22(21-12)16-7-6-15(19-20-16)18-11-13-4-3-5-14(10-13)25(23,24)17-2/h3-10,17H,11H2,1-2H3,(H,18,19). The van der Waals surface area contributed by atoms with Gasteiger partial charge in [-0.3, -0.25) is 0 Å². The van der Waals surface area contributed by atoms with Crippen molar-refractivity contribution in [2.75, 3.05) is 12.4 Å². The van der Waals surface area contributed by atoms with Crippen LogP contribution in [0, 0.1) is 6.92 Å². The normalized spacial score (nSPS) is 11.4. The van der Waals surface area contributed by atoms with Crippen molar-refractivity contribution in [3.05, 3.63) is 59.9 Å². The predicted octanol–water partition coefficient (Wildman–Crippen LogP) is 1.49. The Balaban J connectivity index is 1.69. The average Bonchev–Trinajstić information content (AvgIpc) is 3.07. The van der Waals surface area contributed by atoms with Gasteiger partial charge in [-0.25, -0.2) is 17.8 Å². The summed E-state index contributed by atoms with van der Waals surface area (Å²) in [7, 11) is -2.07. The van der Waals surface area contributed by atoms with Crippen LogP contribution >= 0.6 is 0 Å². The van der Waals surface area contributed by atoms with E-state index in [1.165, 1.54) is 7.05 Å². The Morgan fingerprint density at radius 3 is 2.60 bits per heavy atom. The van der Waals surface area contributed by atoms with Crippen LogP contribution in [0.5, 0.6) is 0 Å². The van der Waals surface area contributed by atoms with Gasteiger partial charge in [0.05, 0.1) is 10.6 Å². The molecule has 1 aromatic carbocycles. The van der Waals surface area contributed by atoms with Crippen LogP contribution < -0.4 is 10.0 Å². The lowest BCUT2D eigenvalue weighted by Gasteiger charge is -2.08. The first kappa shape index (κ1) is 17.1. The van der Waals surface area contributed by atoms with Gasteiger partial charge in [-0.1, -0.05) is 12.1 Å². The predicted molar refractivity (Wildman–Crippen MR) is 93.9 cm³/mol. The lowest BCUT2D eigenvalue weighted by atomic mass is 10.2. The van der Waals surface area contributed by atoms with Crippen LogP contribution in [0.1, 0.15) is 11.3 Å². The van der Waals surface area contributed by atoms with E-state index in [-0.39, 0.29) is 4.90 Å². The maximum absolute atomic E-state index is 11.8. The number of anilines is 1. The van der Waals surface area contributed by atoms with Crippen LogP contribution in [0.25, 0.3) is 5.82 Å². The number of hydrogen-bond acceptors (Lipinski definition) is 6. The first-order chi connectivity index (χ1) is 12.0. The molecule has 2 aromatic heterocycles. The average molecular weight is 358 g/mol. The van der Waals surface area contributed by atoms with E-state index >= 15 is 0 Å². The van der Waals surface area contributed by atoms with Crippen molar-refractivity contribution < 1.29 is 8.42 Å². The molecule has 9 heteroatoms. The van der Waals surface area contributed by atoms with Gasteiger partial charge in [-0.15, -0.1) is 10.2 Å². The molecule has 3 rings (SSSR count). The quantitative estimate of drug-likeness (QED) is 0.692. The molecular weight excluding hydrogens is 340 g/mol. The van der Waals surface area contributed by atoms with E-state index in [2.05, 4.69) is 25.3 Å². The number of aryl methyl sites for hydroxylation is 1. The van der Waals surface area contributed by atoms with Crippen molar-refractivity contribution in [3.8, 4) is 5.82 Å². The Kier molecular flexibility index (Phi) is 4.77. The van der Waals surface area contributed by atoms with Gasteiger partial charge in [0.25, 0.3) is 0 Å². The van der Waals surface area contributed by atoms with Gasteiger partial charge < -0.3 is 5.32 Å². The lowest BCUT2D eigenvalue weighted by Crippen LogP contribution is -2.18. The topological polar surface area (TPSA) is 102 Å². The zero-order valence-electron chi connectivity index (χ0n) is 13.8. The highest BCUT2D eigenvalue weighted by atomic mass is 32.2. The minimum atomic E-state index is -3.45. The van der Waals surface area contributed by atoms with Gasteiger partial charge in [0.2, 0.25) is 10.0 Å². The molecule has 25 heavy (non-hydrogen) atoms. The number of sulfonamides is 1. The van der Waals surface area contributed by atoms with Crippen LogP contribution in [-0.2, 0) is 16.6 Å². The van der Waals surface area contributed by atoms with Gasteiger partial charge in [0, 0.05) is 12.7 Å². The third kappa shape index (κ3) is 4.01. The van der Waals surface area contributed by atoms with Crippen molar-refractivity contribution in [2.45, 2.75) is 18.4 Å². The van der Waals surface area contributed by atoms with Gasteiger partial charge in [-0.05, 0) is 49.9 Å². The fourth-order valence-electron chi connectivity index (χ4n) is 2.22. The van der Waals surface area contributed by atoms with Crippen molar-refractivity contribution in [1.82, 2.24) is 24.7 Å². The molecule has 2 N–H and O–H groups in total. The zero-order chi connectivity index (χ0) is 17.9. The Morgan fingerprint density at radius 1 is 1.12 bits per heavy atom. The first-order valence-corrected chi connectivity index (χ1v) is 9.09. The lowest BCUT2D eigenvalue weighted by molar-refractivity contribution is 0.588. The van der Waals surface area contributed by atoms with Crippen LogP contribution in [0.2, 0.25) is 0 Å². The summed E-state index contributed by atoms with van der Waals surface area (Å²) in [4.78, 5) is 0.227. The van der Waals surface area contributed by atoms with E-state index in [9.17, 15) is 8.42 Å². The number of hydrogen-bond donors (Lipinski definition) is 2. The molecule has 0 saturated carbocycles. The molecule has 130 valence electrons. The SMILES string of the molecule is CNS(=O)(=O)c1cccc(CNc2ccc(-n3ccc(C)n3)nn2)c1. The highest BCUT2D eigenvalue weighted by molar-refractivity contribution is 7.89. The molecule has 3 aromatic rings. The van der Waals surface area contributed by atoms with Crippen molar-refractivity contribution in [1.29, 1.82) is 0 Å². The maximum atomic E-state index is 11.8. The van der Waals surface area contributed by atoms with Gasteiger partial charge >= 0.3 is 0 Å². The van der Waals surface area contributed by atoms with E-state index in [1.807, 2.05) is 31.3 Å². The fourth-order valence-corrected chi connectivity index (χ4v) is 3.02. The Labute approximate surface area is 146 Å². The van der Waals surface area contributed by atoms with Gasteiger partial charge in [0.1, 0.15) is 5.82 Å². The number of aromatic nitrogens is 4. The second-order valence-corrected chi connectivity index (χ2v) is 7.27. The second kappa shape index (κ2) is 6.99. The monoisotopic (exact) mass is 358 g/mol. The highest BCUT2D eigenvalue weighted by Crippen LogP contribution is 2.13. The molecule has 0 saturated heterocycles. The molecule has 2 heterocycles. The number of benzene rings is 1. The summed E-state index contributed by atoms with van der Waals surface area (Å²) >= 11 is 0. The molecule has 0 aliphatic rings. The second-order valence-electron chi connectivity index (χ2n) is 5.39. The maximum Gasteiger partial charge on any atom is 0.240 e. The Hall–Kier alpha value is -2.78. The number of rotatable bonds is 6. The smallest absolute Gasteiger partial charge is 0.240 e. The highest BCUT2D eigenvalue weighted by Gasteiger charge is 2.11. The molecule has 0 atom stereocenters. The molecule has 0 aliphatic carbocycles. The van der Waals surface area contributed by atoms with Crippen LogP contribution in [0.4, 0.5) is 5.82 Å². The van der Waals surface area contributed by atoms with E-state index in [1.54, 1.807) is 28.9 Å². The summed E-state index contributed by atoms with van der Waals surface area (Å²) in [6, 6.07) is 12.2. The minimum Gasteiger partial charge on any atom is -0.365 e. The Morgan fingerprint density at radius 2 is 1.96 bits per heavy atom. The summed E-state index contributed by atoms with van der Waals surface area (Å²) in [5.41, 5.74) is 1.73. The molecular formula is C16H18N6O2S. The third-order valence-electron chi connectivity index (χ3n) is 3.56. The molecule has 0 spiro atoms. The summed E-state index contributed by atoms with van der Waals surface area (Å²) < 4.78 is 27.6. The van der Waals surface area contributed by atoms with Crippen LogP contribution in [-0.4, -0.2) is 35.4 Å². The molecule has 0 amide bonds. The van der Waals surface area contributed by atoms with Gasteiger partial charge in [0.15, 0.2) is 5.82 Å². The summed E-state index contributed by atoms with van der Waals surface area (Å²) in [6.45, 7) is 2.34. The largest absolute Gasteiger partial charge is 0.365 e. The number of nitrogens with zero attached hydrogens (tertiary/aromatic N) is 4. The van der Waals surface area contributed by atoms with E-state index in [4.69, 9.17) is 0 Å². The zero-order valence-corrected chi connectivity index (χ0v) is 14.7. The van der Waals surface area contributed by atoms with E-state index in [0.717, 1.165) is 11.3 Å². The van der Waals surface area contributed by atoms with Crippen molar-refractivity contribution in [2.24, 2.45) is 0 Å². The van der Waals surface area contributed by atoms with E-state index < -0.39 is 10.0 Å². The minimum absolute atomic E-state index is 0.227. The Bertz CT molecular complexity index is 966. The fraction of sp³-hybridized carbons (Fsp3) is 0.188. The molecule has 8 nitrogen and oxygen atoms in total. The van der Waals surface area contributed by atoms with E-state index in [0.29, 0.717) is 18.2 Å². The summed E-state index contributed by atoms with van der Waals surface area (Å²) in [5.74, 6) is 1.22. The number of nitrogens with one attached hydrogen (secondary N) is 2. The molecule has 0 fully saturated rings. The molecule has 0 radical (unpaired) electrons. The molecule has 0 bridgehead atoms. The molecule has 0 unspecified atom stereocenters. The van der Waals surface area contributed by atoms with Gasteiger partial charge in [-0.2, -0.15) is 5.10 Å². The summed E-state index contributed by atoms with van der Waals surface area (Å²) in [6.07, 6.45) is 1.82. The third-order valence-corrected chi connectivity index (χ3v) is 4.97. The van der Waals surface area contributed by atoms with Crippen molar-refractivity contribution in [3.63, 3.8) is 0 Å². The summed E-state index contributed by atoms with van der Waals surface area (Å²) in [5, 5.41) is 15.6. The molecule has 0 aliphatic heterocycles. The first-order valence-electron chi connectivity index (χ1n) is 7.61. The van der Waals surface area contributed by atoms with Crippen LogP contribution in [0.15, 0.2) is 53.6 Å². The van der Waals surface area contributed by atoms with Crippen LogP contribution in [0.3, 0.4) is 0 Å².